The number of aliphatic hydroxyl groups excluding tert-OH is 1. The lowest BCUT2D eigenvalue weighted by molar-refractivity contribution is 0.111. The minimum Gasteiger partial charge on any atom is -0.393 e. The quantitative estimate of drug-likeness (QED) is 0.430. The van der Waals surface area contributed by atoms with Crippen LogP contribution in [0.2, 0.25) is 0 Å². The van der Waals surface area contributed by atoms with E-state index < -0.39 is 0 Å². The predicted molar refractivity (Wildman–Crippen MR) is 125 cm³/mol. The Morgan fingerprint density at radius 2 is 1.75 bits per heavy atom. The molecule has 6 rings (SSSR count). The molecular formula is C27H29N3O2. The van der Waals surface area contributed by atoms with Gasteiger partial charge in [-0.2, -0.15) is 0 Å². The number of imidazole rings is 1. The highest BCUT2D eigenvalue weighted by molar-refractivity contribution is 5.84. The van der Waals surface area contributed by atoms with Gasteiger partial charge < -0.3 is 14.2 Å². The highest BCUT2D eigenvalue weighted by Crippen LogP contribution is 2.55. The SMILES string of the molecule is Cc1noc(C)c1-c1ccc2c(c1)nc(C1CC1c1ccccc1)n2C1CCC(O)CC1. The molecule has 2 aliphatic carbocycles. The van der Waals surface area contributed by atoms with Crippen molar-refractivity contribution < 1.29 is 9.63 Å². The molecule has 0 bridgehead atoms. The molecule has 0 saturated heterocycles. The topological polar surface area (TPSA) is 64.1 Å². The van der Waals surface area contributed by atoms with Crippen molar-refractivity contribution in [2.45, 2.75) is 69.9 Å². The first-order valence-electron chi connectivity index (χ1n) is 11.8. The molecule has 2 atom stereocenters. The summed E-state index contributed by atoms with van der Waals surface area (Å²) in [5, 5.41) is 14.2. The van der Waals surface area contributed by atoms with Gasteiger partial charge in [0.05, 0.1) is 22.8 Å². The van der Waals surface area contributed by atoms with Crippen LogP contribution in [0.3, 0.4) is 0 Å². The fraction of sp³-hybridized carbons (Fsp3) is 0.407. The summed E-state index contributed by atoms with van der Waals surface area (Å²) in [5.41, 5.74) is 6.75. The number of hydrogen-bond acceptors (Lipinski definition) is 4. The third-order valence-corrected chi connectivity index (χ3v) is 7.42. The second-order valence-electron chi connectivity index (χ2n) is 9.56. The molecule has 1 N–H and O–H groups in total. The maximum absolute atomic E-state index is 10.1. The molecule has 0 radical (unpaired) electrons. The molecule has 164 valence electrons. The van der Waals surface area contributed by atoms with Crippen molar-refractivity contribution >= 4 is 11.0 Å². The van der Waals surface area contributed by atoms with E-state index in [1.807, 2.05) is 13.8 Å². The fourth-order valence-corrected chi connectivity index (χ4v) is 5.68. The van der Waals surface area contributed by atoms with Crippen molar-refractivity contribution in [2.24, 2.45) is 0 Å². The van der Waals surface area contributed by atoms with Crippen LogP contribution in [0.15, 0.2) is 53.1 Å². The van der Waals surface area contributed by atoms with Gasteiger partial charge in [-0.3, -0.25) is 0 Å². The minimum atomic E-state index is -0.159. The predicted octanol–water partition coefficient (Wildman–Crippen LogP) is 6.06. The zero-order valence-corrected chi connectivity index (χ0v) is 18.7. The Morgan fingerprint density at radius 3 is 2.47 bits per heavy atom. The molecular weight excluding hydrogens is 398 g/mol. The number of benzene rings is 2. The van der Waals surface area contributed by atoms with Gasteiger partial charge >= 0.3 is 0 Å². The van der Waals surface area contributed by atoms with Crippen molar-refractivity contribution in [1.82, 2.24) is 14.7 Å². The monoisotopic (exact) mass is 427 g/mol. The summed E-state index contributed by atoms with van der Waals surface area (Å²) < 4.78 is 7.91. The summed E-state index contributed by atoms with van der Waals surface area (Å²) in [5.74, 6) is 3.06. The second-order valence-corrected chi connectivity index (χ2v) is 9.56. The standard InChI is InChI=1S/C27H29N3O2/c1-16-26(17(2)32-29-16)19-8-13-25-24(14-19)28-27(30(25)20-9-11-21(31)12-10-20)23-15-22(23)18-6-4-3-5-7-18/h3-8,13-14,20-23,31H,9-12,15H2,1-2H3. The first-order chi connectivity index (χ1) is 15.6. The van der Waals surface area contributed by atoms with Crippen LogP contribution in [0.1, 0.15) is 72.8 Å². The van der Waals surface area contributed by atoms with E-state index in [4.69, 9.17) is 9.51 Å². The van der Waals surface area contributed by atoms with Gasteiger partial charge in [-0.25, -0.2) is 4.98 Å². The Balaban J connectivity index is 1.44. The second kappa shape index (κ2) is 7.59. The summed E-state index contributed by atoms with van der Waals surface area (Å²) in [6, 6.07) is 17.8. The molecule has 2 saturated carbocycles. The van der Waals surface area contributed by atoms with Crippen LogP contribution in [0.4, 0.5) is 0 Å². The van der Waals surface area contributed by atoms with Crippen LogP contribution in [-0.4, -0.2) is 25.9 Å². The Morgan fingerprint density at radius 1 is 0.969 bits per heavy atom. The fourth-order valence-electron chi connectivity index (χ4n) is 5.68. The number of aromatic nitrogens is 3. The van der Waals surface area contributed by atoms with Crippen LogP contribution in [0.25, 0.3) is 22.2 Å². The molecule has 2 aromatic heterocycles. The van der Waals surface area contributed by atoms with Gasteiger partial charge in [-0.05, 0) is 75.1 Å². The number of aliphatic hydroxyl groups is 1. The Kier molecular flexibility index (Phi) is 4.68. The zero-order chi connectivity index (χ0) is 21.8. The van der Waals surface area contributed by atoms with Gasteiger partial charge in [0.1, 0.15) is 11.6 Å². The van der Waals surface area contributed by atoms with E-state index in [1.165, 1.54) is 16.9 Å². The molecule has 2 unspecified atom stereocenters. The van der Waals surface area contributed by atoms with Crippen molar-refractivity contribution in [3.05, 3.63) is 71.4 Å². The van der Waals surface area contributed by atoms with Gasteiger partial charge in [0, 0.05) is 17.5 Å². The maximum Gasteiger partial charge on any atom is 0.141 e. The van der Waals surface area contributed by atoms with Gasteiger partial charge in [-0.15, -0.1) is 0 Å². The number of rotatable bonds is 4. The molecule has 4 aromatic rings. The molecule has 2 heterocycles. The van der Waals surface area contributed by atoms with Gasteiger partial charge in [0.25, 0.3) is 0 Å². The van der Waals surface area contributed by atoms with Gasteiger partial charge in [-0.1, -0.05) is 41.6 Å². The molecule has 0 amide bonds. The highest BCUT2D eigenvalue weighted by atomic mass is 16.5. The molecule has 2 aliphatic rings. The lowest BCUT2D eigenvalue weighted by Gasteiger charge is -2.28. The number of aryl methyl sites for hydroxylation is 2. The van der Waals surface area contributed by atoms with Crippen LogP contribution < -0.4 is 0 Å². The smallest absolute Gasteiger partial charge is 0.141 e. The molecule has 2 aromatic carbocycles. The van der Waals surface area contributed by atoms with E-state index in [-0.39, 0.29) is 6.10 Å². The van der Waals surface area contributed by atoms with Crippen molar-refractivity contribution in [3.8, 4) is 11.1 Å². The maximum atomic E-state index is 10.1. The van der Waals surface area contributed by atoms with E-state index in [9.17, 15) is 5.11 Å². The van der Waals surface area contributed by atoms with E-state index in [0.29, 0.717) is 17.9 Å². The normalized spacial score (nSPS) is 25.3. The molecule has 0 spiro atoms. The molecule has 2 fully saturated rings. The first-order valence-corrected chi connectivity index (χ1v) is 11.8. The Hall–Kier alpha value is -2.92. The third kappa shape index (κ3) is 3.27. The zero-order valence-electron chi connectivity index (χ0n) is 18.7. The van der Waals surface area contributed by atoms with Crippen molar-refractivity contribution in [2.75, 3.05) is 0 Å². The molecule has 32 heavy (non-hydrogen) atoms. The summed E-state index contributed by atoms with van der Waals surface area (Å²) >= 11 is 0. The van der Waals surface area contributed by atoms with E-state index in [1.54, 1.807) is 0 Å². The summed E-state index contributed by atoms with van der Waals surface area (Å²) in [7, 11) is 0. The van der Waals surface area contributed by atoms with Crippen LogP contribution in [0.5, 0.6) is 0 Å². The Labute approximate surface area is 188 Å². The van der Waals surface area contributed by atoms with Crippen molar-refractivity contribution in [1.29, 1.82) is 0 Å². The Bertz CT molecular complexity index is 1250. The number of hydrogen-bond donors (Lipinski definition) is 1. The van der Waals surface area contributed by atoms with E-state index in [0.717, 1.165) is 60.2 Å². The average Bonchev–Trinajstić information content (AvgIpc) is 3.42. The average molecular weight is 428 g/mol. The molecule has 5 nitrogen and oxygen atoms in total. The lowest BCUT2D eigenvalue weighted by atomic mass is 9.92. The van der Waals surface area contributed by atoms with Crippen LogP contribution in [0, 0.1) is 13.8 Å². The van der Waals surface area contributed by atoms with Gasteiger partial charge in [0.15, 0.2) is 0 Å². The summed E-state index contributed by atoms with van der Waals surface area (Å²) in [4.78, 5) is 5.22. The highest BCUT2D eigenvalue weighted by Gasteiger charge is 2.43. The first kappa shape index (κ1) is 19.7. The van der Waals surface area contributed by atoms with Gasteiger partial charge in [0.2, 0.25) is 0 Å². The largest absolute Gasteiger partial charge is 0.393 e. The third-order valence-electron chi connectivity index (χ3n) is 7.42. The molecule has 5 heteroatoms. The van der Waals surface area contributed by atoms with E-state index >= 15 is 0 Å². The van der Waals surface area contributed by atoms with Crippen LogP contribution >= 0.6 is 0 Å². The summed E-state index contributed by atoms with van der Waals surface area (Å²) in [6.07, 6.45) is 4.75. The lowest BCUT2D eigenvalue weighted by Crippen LogP contribution is -2.22. The minimum absolute atomic E-state index is 0.159. The number of nitrogens with zero attached hydrogens (tertiary/aromatic N) is 3. The summed E-state index contributed by atoms with van der Waals surface area (Å²) in [6.45, 7) is 3.95. The van der Waals surface area contributed by atoms with Crippen molar-refractivity contribution in [3.63, 3.8) is 0 Å². The van der Waals surface area contributed by atoms with Crippen LogP contribution in [-0.2, 0) is 0 Å². The number of fused-ring (bicyclic) bond motifs is 1. The van der Waals surface area contributed by atoms with E-state index in [2.05, 4.69) is 58.3 Å². The molecule has 0 aliphatic heterocycles.